The van der Waals surface area contributed by atoms with Gasteiger partial charge in [-0.1, -0.05) is 32.8 Å². The van der Waals surface area contributed by atoms with E-state index in [9.17, 15) is 14.4 Å². The van der Waals surface area contributed by atoms with Crippen LogP contribution in [0.5, 0.6) is 0 Å². The maximum Gasteiger partial charge on any atom is 0.307 e. The molecule has 0 aliphatic heterocycles. The van der Waals surface area contributed by atoms with Gasteiger partial charge in [-0.15, -0.1) is 11.3 Å². The second kappa shape index (κ2) is 9.13. The summed E-state index contributed by atoms with van der Waals surface area (Å²) >= 11 is 1.36. The van der Waals surface area contributed by atoms with E-state index in [1.165, 1.54) is 17.8 Å². The Balaban J connectivity index is 1.74. The number of ketones is 1. The molecule has 1 aliphatic rings. The molecule has 0 saturated heterocycles. The Morgan fingerprint density at radius 3 is 2.72 bits per heavy atom. The third-order valence-electron chi connectivity index (χ3n) is 5.06. The van der Waals surface area contributed by atoms with Crippen LogP contribution < -0.4 is 5.32 Å². The Kier molecular flexibility index (Phi) is 7.17. The average Bonchev–Trinajstić information content (AvgIpc) is 3.11. The van der Waals surface area contributed by atoms with Crippen molar-refractivity contribution in [1.29, 1.82) is 0 Å². The fourth-order valence-corrected chi connectivity index (χ4v) is 3.87. The number of hydrogen-bond acceptors (Lipinski definition) is 5. The molecular weight excluding hydrogens is 338 g/mol. The first-order valence-electron chi connectivity index (χ1n) is 8.95. The summed E-state index contributed by atoms with van der Waals surface area (Å²) in [6, 6.07) is 3.68. The molecule has 6 heteroatoms. The summed E-state index contributed by atoms with van der Waals surface area (Å²) < 4.78 is 5.18. The van der Waals surface area contributed by atoms with E-state index < -0.39 is 12.1 Å². The van der Waals surface area contributed by atoms with Crippen molar-refractivity contribution < 1.29 is 19.1 Å². The molecule has 1 aromatic rings. The third-order valence-corrected chi connectivity index (χ3v) is 5.98. The van der Waals surface area contributed by atoms with Crippen LogP contribution in [0.3, 0.4) is 0 Å². The fourth-order valence-electron chi connectivity index (χ4n) is 3.17. The molecule has 25 heavy (non-hydrogen) atoms. The Morgan fingerprint density at radius 2 is 2.04 bits per heavy atom. The highest BCUT2D eigenvalue weighted by Gasteiger charge is 2.30. The summed E-state index contributed by atoms with van der Waals surface area (Å²) in [5.74, 6) is 0.153. The number of thiophene rings is 1. The highest BCUT2D eigenvalue weighted by atomic mass is 32.1. The third kappa shape index (κ3) is 5.66. The fraction of sp³-hybridized carbons (Fsp3) is 0.632. The summed E-state index contributed by atoms with van der Waals surface area (Å²) in [6.07, 6.45) is 2.52. The van der Waals surface area contributed by atoms with Crippen LogP contribution in [0, 0.1) is 11.8 Å². The molecule has 1 saturated carbocycles. The lowest BCUT2D eigenvalue weighted by atomic mass is 9.78. The summed E-state index contributed by atoms with van der Waals surface area (Å²) in [5.41, 5.74) is 0. The van der Waals surface area contributed by atoms with E-state index in [2.05, 4.69) is 19.2 Å². The Hall–Kier alpha value is -1.69. The molecule has 2 rings (SSSR count). The zero-order valence-electron chi connectivity index (χ0n) is 15.1. The standard InChI is InChI=1S/C19H27NO4S/c1-12-6-4-7-15(13(12)2)20-19(23)14(3)24-18(22)10-9-16(21)17-8-5-11-25-17/h5,8,11-15H,4,6-7,9-10H2,1-3H3,(H,20,23)/t12-,13-,14-,15-/m1/s1. The molecule has 0 bridgehead atoms. The molecule has 1 fully saturated rings. The Bertz CT molecular complexity index is 599. The van der Waals surface area contributed by atoms with Crippen LogP contribution in [0.2, 0.25) is 0 Å². The first-order chi connectivity index (χ1) is 11.9. The maximum atomic E-state index is 12.3. The molecule has 0 unspecified atom stereocenters. The van der Waals surface area contributed by atoms with E-state index >= 15 is 0 Å². The molecule has 1 amide bonds. The van der Waals surface area contributed by atoms with Crippen LogP contribution in [0.25, 0.3) is 0 Å². The molecule has 1 aliphatic carbocycles. The first kappa shape index (κ1) is 19.6. The van der Waals surface area contributed by atoms with Crippen molar-refractivity contribution >= 4 is 29.0 Å². The first-order valence-corrected chi connectivity index (χ1v) is 9.83. The van der Waals surface area contributed by atoms with Gasteiger partial charge in [0.1, 0.15) is 0 Å². The number of rotatable bonds is 7. The smallest absolute Gasteiger partial charge is 0.307 e. The number of ether oxygens (including phenoxy) is 1. The number of hydrogen-bond donors (Lipinski definition) is 1. The zero-order chi connectivity index (χ0) is 18.4. The second-order valence-corrected chi connectivity index (χ2v) is 7.86. The molecule has 1 N–H and O–H groups in total. The molecule has 0 aromatic carbocycles. The lowest BCUT2D eigenvalue weighted by molar-refractivity contribution is -0.155. The number of carbonyl (C=O) groups is 3. The average molecular weight is 365 g/mol. The minimum Gasteiger partial charge on any atom is -0.453 e. The Morgan fingerprint density at radius 1 is 1.28 bits per heavy atom. The van der Waals surface area contributed by atoms with Crippen LogP contribution in [0.15, 0.2) is 17.5 Å². The lowest BCUT2D eigenvalue weighted by Crippen LogP contribution is -2.47. The van der Waals surface area contributed by atoms with Crippen LogP contribution >= 0.6 is 11.3 Å². The largest absolute Gasteiger partial charge is 0.453 e. The van der Waals surface area contributed by atoms with Crippen molar-refractivity contribution in [3.63, 3.8) is 0 Å². The van der Waals surface area contributed by atoms with Gasteiger partial charge in [0.25, 0.3) is 5.91 Å². The van der Waals surface area contributed by atoms with E-state index in [4.69, 9.17) is 4.74 Å². The van der Waals surface area contributed by atoms with Gasteiger partial charge in [0.2, 0.25) is 0 Å². The molecule has 1 heterocycles. The minimum atomic E-state index is -0.839. The molecule has 0 spiro atoms. The number of amides is 1. The lowest BCUT2D eigenvalue weighted by Gasteiger charge is -2.35. The highest BCUT2D eigenvalue weighted by Crippen LogP contribution is 2.29. The predicted molar refractivity (Wildman–Crippen MR) is 97.5 cm³/mol. The van der Waals surface area contributed by atoms with E-state index in [0.29, 0.717) is 16.7 Å². The van der Waals surface area contributed by atoms with Crippen molar-refractivity contribution in [1.82, 2.24) is 5.32 Å². The monoisotopic (exact) mass is 365 g/mol. The quantitative estimate of drug-likeness (QED) is 0.592. The molecule has 0 radical (unpaired) electrons. The van der Waals surface area contributed by atoms with Gasteiger partial charge in [-0.25, -0.2) is 0 Å². The normalized spacial score (nSPS) is 24.4. The van der Waals surface area contributed by atoms with E-state index in [0.717, 1.165) is 12.8 Å². The SMILES string of the molecule is C[C@@H]1[C@H](C)CCC[C@H]1NC(=O)[C@@H](C)OC(=O)CCC(=O)c1cccs1. The van der Waals surface area contributed by atoms with Crippen LogP contribution in [0.4, 0.5) is 0 Å². The van der Waals surface area contributed by atoms with Gasteiger partial charge in [0.05, 0.1) is 11.3 Å². The van der Waals surface area contributed by atoms with Crippen molar-refractivity contribution in [3.05, 3.63) is 22.4 Å². The molecule has 138 valence electrons. The Labute approximate surface area is 153 Å². The van der Waals surface area contributed by atoms with Crippen molar-refractivity contribution in [2.75, 3.05) is 0 Å². The number of nitrogens with one attached hydrogen (secondary N) is 1. The van der Waals surface area contributed by atoms with Gasteiger partial charge >= 0.3 is 5.97 Å². The topological polar surface area (TPSA) is 72.5 Å². The summed E-state index contributed by atoms with van der Waals surface area (Å²) in [6.45, 7) is 5.93. The van der Waals surface area contributed by atoms with Gasteiger partial charge in [-0.05, 0) is 36.6 Å². The predicted octanol–water partition coefficient (Wildman–Crippen LogP) is 3.58. The van der Waals surface area contributed by atoms with Gasteiger partial charge in [0.15, 0.2) is 11.9 Å². The molecule has 4 atom stereocenters. The number of Topliss-reactive ketones (excluding diaryl/α,β-unsaturated/α-hetero) is 1. The second-order valence-electron chi connectivity index (χ2n) is 6.91. The van der Waals surface area contributed by atoms with Crippen LogP contribution in [-0.4, -0.2) is 29.8 Å². The van der Waals surface area contributed by atoms with E-state index in [1.807, 2.05) is 5.38 Å². The number of carbonyl (C=O) groups excluding carboxylic acids is 3. The molecule has 1 aromatic heterocycles. The van der Waals surface area contributed by atoms with Crippen molar-refractivity contribution in [2.24, 2.45) is 11.8 Å². The van der Waals surface area contributed by atoms with Crippen LogP contribution in [0.1, 0.15) is 62.5 Å². The van der Waals surface area contributed by atoms with E-state index in [1.54, 1.807) is 19.1 Å². The van der Waals surface area contributed by atoms with Gasteiger partial charge < -0.3 is 10.1 Å². The van der Waals surface area contributed by atoms with Gasteiger partial charge in [-0.3, -0.25) is 14.4 Å². The maximum absolute atomic E-state index is 12.3. The summed E-state index contributed by atoms with van der Waals surface area (Å²) in [7, 11) is 0. The van der Waals surface area contributed by atoms with Gasteiger partial charge in [0, 0.05) is 12.5 Å². The number of esters is 1. The van der Waals surface area contributed by atoms with Gasteiger partial charge in [-0.2, -0.15) is 0 Å². The van der Waals surface area contributed by atoms with Crippen LogP contribution in [-0.2, 0) is 14.3 Å². The van der Waals surface area contributed by atoms with Crippen molar-refractivity contribution in [3.8, 4) is 0 Å². The summed E-state index contributed by atoms with van der Waals surface area (Å²) in [4.78, 5) is 36.7. The highest BCUT2D eigenvalue weighted by molar-refractivity contribution is 7.12. The summed E-state index contributed by atoms with van der Waals surface area (Å²) in [5, 5.41) is 4.83. The van der Waals surface area contributed by atoms with Crippen molar-refractivity contribution in [2.45, 2.75) is 65.0 Å². The molecular formula is C19H27NO4S. The minimum absolute atomic E-state index is 0.00871. The van der Waals surface area contributed by atoms with E-state index in [-0.39, 0.29) is 30.6 Å². The molecule has 5 nitrogen and oxygen atoms in total. The zero-order valence-corrected chi connectivity index (χ0v) is 15.9.